The van der Waals surface area contributed by atoms with Crippen molar-refractivity contribution in [3.05, 3.63) is 24.3 Å². The Hall–Kier alpha value is -1.43. The highest BCUT2D eigenvalue weighted by molar-refractivity contribution is 5.70. The van der Waals surface area contributed by atoms with Crippen LogP contribution in [0.1, 0.15) is 0 Å². The number of fused-ring (bicyclic) bond motifs is 1. The van der Waals surface area contributed by atoms with Crippen molar-refractivity contribution in [2.75, 3.05) is 23.5 Å². The van der Waals surface area contributed by atoms with Crippen LogP contribution in [-0.2, 0) is 4.84 Å². The number of benzene rings is 1. The molecule has 15 heavy (non-hydrogen) atoms. The average Bonchev–Trinajstić information content (AvgIpc) is 2.16. The van der Waals surface area contributed by atoms with Gasteiger partial charge in [-0.1, -0.05) is 12.1 Å². The highest BCUT2D eigenvalue weighted by Gasteiger charge is 2.35. The zero-order valence-corrected chi connectivity index (χ0v) is 7.71. The average molecular weight is 218 g/mol. The lowest BCUT2D eigenvalue weighted by Crippen LogP contribution is -2.38. The molecule has 6 heteroatoms. The van der Waals surface area contributed by atoms with E-state index >= 15 is 0 Å². The SMILES string of the molecule is FC(F)(F)ON1CCNc2ccccc21. The molecule has 0 fully saturated rings. The Kier molecular flexibility index (Phi) is 2.44. The Morgan fingerprint density at radius 3 is 2.73 bits per heavy atom. The molecule has 0 unspecified atom stereocenters. The molecule has 0 spiro atoms. The van der Waals surface area contributed by atoms with E-state index < -0.39 is 6.36 Å². The summed E-state index contributed by atoms with van der Waals surface area (Å²) in [7, 11) is 0. The Morgan fingerprint density at radius 2 is 2.00 bits per heavy atom. The molecule has 0 aliphatic carbocycles. The molecular formula is C9H9F3N2O. The topological polar surface area (TPSA) is 24.5 Å². The highest BCUT2D eigenvalue weighted by atomic mass is 19.4. The molecule has 0 saturated carbocycles. The number of nitrogens with zero attached hydrogens (tertiary/aromatic N) is 1. The fourth-order valence-corrected chi connectivity index (χ4v) is 1.47. The van der Waals surface area contributed by atoms with Crippen molar-refractivity contribution >= 4 is 11.4 Å². The van der Waals surface area contributed by atoms with E-state index in [4.69, 9.17) is 0 Å². The first kappa shape index (κ1) is 10.1. The van der Waals surface area contributed by atoms with Gasteiger partial charge in [-0.2, -0.15) is 4.84 Å². The van der Waals surface area contributed by atoms with E-state index in [1.165, 1.54) is 0 Å². The standard InChI is InChI=1S/C9H9F3N2O/c10-9(11,12)15-14-6-5-13-7-3-1-2-4-8(7)14/h1-4,13H,5-6H2. The summed E-state index contributed by atoms with van der Waals surface area (Å²) in [6.45, 7) is 0.587. The second-order valence-electron chi connectivity index (χ2n) is 3.08. The van der Waals surface area contributed by atoms with Gasteiger partial charge in [0.05, 0.1) is 17.9 Å². The maximum absolute atomic E-state index is 12.0. The summed E-state index contributed by atoms with van der Waals surface area (Å²) in [6, 6.07) is 6.70. The van der Waals surface area contributed by atoms with Gasteiger partial charge in [-0.3, -0.25) is 0 Å². The monoisotopic (exact) mass is 218 g/mol. The predicted octanol–water partition coefficient (Wildman–Crippen LogP) is 2.37. The van der Waals surface area contributed by atoms with Gasteiger partial charge in [0.25, 0.3) is 0 Å². The molecule has 3 nitrogen and oxygen atoms in total. The van der Waals surface area contributed by atoms with E-state index in [-0.39, 0.29) is 6.54 Å². The van der Waals surface area contributed by atoms with Crippen molar-refractivity contribution in [1.82, 2.24) is 0 Å². The maximum atomic E-state index is 12.0. The minimum atomic E-state index is -4.65. The van der Waals surface area contributed by atoms with Crippen LogP contribution in [0.2, 0.25) is 0 Å². The number of hydrogen-bond acceptors (Lipinski definition) is 3. The van der Waals surface area contributed by atoms with Crippen LogP contribution in [0.5, 0.6) is 0 Å². The third kappa shape index (κ3) is 2.33. The van der Waals surface area contributed by atoms with Crippen LogP contribution in [0.25, 0.3) is 0 Å². The molecule has 2 rings (SSSR count). The van der Waals surface area contributed by atoms with Gasteiger partial charge >= 0.3 is 6.36 Å². The van der Waals surface area contributed by atoms with Crippen LogP contribution in [0, 0.1) is 0 Å². The predicted molar refractivity (Wildman–Crippen MR) is 49.4 cm³/mol. The first-order valence-electron chi connectivity index (χ1n) is 4.42. The van der Waals surface area contributed by atoms with Gasteiger partial charge in [-0.05, 0) is 12.1 Å². The lowest BCUT2D eigenvalue weighted by molar-refractivity contribution is -0.330. The maximum Gasteiger partial charge on any atom is 0.544 e. The normalized spacial score (nSPS) is 15.8. The Morgan fingerprint density at radius 1 is 1.27 bits per heavy atom. The van der Waals surface area contributed by atoms with E-state index in [1.807, 2.05) is 0 Å². The molecular weight excluding hydrogens is 209 g/mol. The molecule has 82 valence electrons. The van der Waals surface area contributed by atoms with Gasteiger partial charge in [-0.25, -0.2) is 5.06 Å². The highest BCUT2D eigenvalue weighted by Crippen LogP contribution is 2.31. The second kappa shape index (κ2) is 3.62. The fourth-order valence-electron chi connectivity index (χ4n) is 1.47. The molecule has 0 saturated heterocycles. The molecule has 0 amide bonds. The molecule has 1 aliphatic rings. The van der Waals surface area contributed by atoms with Crippen molar-refractivity contribution in [3.63, 3.8) is 0 Å². The number of halogens is 3. The third-order valence-corrected chi connectivity index (χ3v) is 2.02. The summed E-state index contributed by atoms with van der Waals surface area (Å²) < 4.78 is 36.1. The van der Waals surface area contributed by atoms with Gasteiger partial charge < -0.3 is 5.32 Å². The molecule has 1 heterocycles. The number of nitrogens with one attached hydrogen (secondary N) is 1. The summed E-state index contributed by atoms with van der Waals surface area (Å²) in [5.41, 5.74) is 1.05. The lowest BCUT2D eigenvalue weighted by Gasteiger charge is -2.30. The minimum absolute atomic E-state index is 0.163. The smallest absolute Gasteiger partial charge is 0.381 e. The number of anilines is 2. The lowest BCUT2D eigenvalue weighted by atomic mass is 10.2. The number of hydrogen-bond donors (Lipinski definition) is 1. The zero-order chi connectivity index (χ0) is 10.9. The molecule has 1 aromatic rings. The van der Waals surface area contributed by atoms with Crippen molar-refractivity contribution < 1.29 is 18.0 Å². The fraction of sp³-hybridized carbons (Fsp3) is 0.333. The summed E-state index contributed by atoms with van der Waals surface area (Å²) >= 11 is 0. The van der Waals surface area contributed by atoms with Crippen LogP contribution in [-0.4, -0.2) is 19.5 Å². The molecule has 0 atom stereocenters. The quantitative estimate of drug-likeness (QED) is 0.783. The number of alkyl halides is 3. The zero-order valence-electron chi connectivity index (χ0n) is 7.71. The molecule has 1 N–H and O–H groups in total. The van der Waals surface area contributed by atoms with Gasteiger partial charge in [0.2, 0.25) is 0 Å². The molecule has 0 bridgehead atoms. The first-order chi connectivity index (χ1) is 7.06. The van der Waals surface area contributed by atoms with Crippen molar-refractivity contribution in [2.45, 2.75) is 6.36 Å². The first-order valence-corrected chi connectivity index (χ1v) is 4.42. The minimum Gasteiger partial charge on any atom is -0.381 e. The van der Waals surface area contributed by atoms with Crippen LogP contribution in [0.4, 0.5) is 24.5 Å². The summed E-state index contributed by atoms with van der Waals surface area (Å²) in [5, 5.41) is 3.84. The Labute approximate surface area is 84.4 Å². The Bertz CT molecular complexity index is 353. The van der Waals surface area contributed by atoms with Gasteiger partial charge in [-0.15, -0.1) is 13.2 Å². The van der Waals surface area contributed by atoms with Crippen molar-refractivity contribution in [1.29, 1.82) is 0 Å². The third-order valence-electron chi connectivity index (χ3n) is 2.02. The van der Waals surface area contributed by atoms with Gasteiger partial charge in [0.15, 0.2) is 0 Å². The van der Waals surface area contributed by atoms with E-state index in [0.29, 0.717) is 17.9 Å². The van der Waals surface area contributed by atoms with Crippen molar-refractivity contribution in [2.24, 2.45) is 0 Å². The Balaban J connectivity index is 2.22. The molecule has 1 aromatic carbocycles. The largest absolute Gasteiger partial charge is 0.544 e. The van der Waals surface area contributed by atoms with Crippen LogP contribution < -0.4 is 10.4 Å². The van der Waals surface area contributed by atoms with Gasteiger partial charge in [0.1, 0.15) is 0 Å². The summed E-state index contributed by atoms with van der Waals surface area (Å²) in [5.74, 6) is 0. The molecule has 0 radical (unpaired) electrons. The van der Waals surface area contributed by atoms with E-state index in [1.54, 1.807) is 24.3 Å². The molecule has 0 aromatic heterocycles. The number of hydroxylamine groups is 1. The van der Waals surface area contributed by atoms with Crippen LogP contribution in [0.15, 0.2) is 24.3 Å². The van der Waals surface area contributed by atoms with Gasteiger partial charge in [0, 0.05) is 6.54 Å². The summed E-state index contributed by atoms with van der Waals surface area (Å²) in [4.78, 5) is 3.90. The van der Waals surface area contributed by atoms with E-state index in [2.05, 4.69) is 10.2 Å². The number of rotatable bonds is 1. The van der Waals surface area contributed by atoms with E-state index in [9.17, 15) is 13.2 Å². The number of para-hydroxylation sites is 2. The van der Waals surface area contributed by atoms with Crippen LogP contribution >= 0.6 is 0 Å². The summed E-state index contributed by atoms with van der Waals surface area (Å²) in [6.07, 6.45) is -4.65. The van der Waals surface area contributed by atoms with Crippen molar-refractivity contribution in [3.8, 4) is 0 Å². The molecule has 1 aliphatic heterocycles. The van der Waals surface area contributed by atoms with Crippen LogP contribution in [0.3, 0.4) is 0 Å². The second-order valence-corrected chi connectivity index (χ2v) is 3.08. The van der Waals surface area contributed by atoms with E-state index in [0.717, 1.165) is 5.06 Å².